The van der Waals surface area contributed by atoms with Crippen molar-refractivity contribution in [3.8, 4) is 0 Å². The van der Waals surface area contributed by atoms with Crippen LogP contribution in [0.2, 0.25) is 0 Å². The normalized spacial score (nSPS) is 15.1. The maximum absolute atomic E-state index is 13.9. The van der Waals surface area contributed by atoms with Gasteiger partial charge in [-0.05, 0) is 29.3 Å². The van der Waals surface area contributed by atoms with E-state index in [9.17, 15) is 14.0 Å². The van der Waals surface area contributed by atoms with E-state index in [2.05, 4.69) is 10.2 Å². The van der Waals surface area contributed by atoms with Crippen LogP contribution in [0.15, 0.2) is 92.4 Å². The molecule has 3 aromatic carbocycles. The highest BCUT2D eigenvalue weighted by Crippen LogP contribution is 2.43. The molecule has 0 saturated heterocycles. The number of carbonyl (C=O) groups excluding carboxylic acids is 1. The van der Waals surface area contributed by atoms with Crippen molar-refractivity contribution in [3.63, 3.8) is 0 Å². The zero-order chi connectivity index (χ0) is 23.9. The zero-order valence-electron chi connectivity index (χ0n) is 18.1. The summed E-state index contributed by atoms with van der Waals surface area (Å²) in [5, 5.41) is 9.01. The average molecular weight is 502 g/mol. The standard InChI is InChI=1S/C26H16FN3O3S2/c27-17-11-12-19-18(13-17)22(31)20-21(16-9-5-2-6-10-16)30(24(32)23(20)33-19)25-28-29-26(35-25)34-14-15-7-3-1-4-8-15/h1-13,21H,14H2. The van der Waals surface area contributed by atoms with Crippen LogP contribution < -0.4 is 10.3 Å². The molecule has 1 atom stereocenters. The Labute approximate surface area is 207 Å². The molecule has 1 unspecified atom stereocenters. The number of benzene rings is 3. The van der Waals surface area contributed by atoms with Crippen LogP contribution in [-0.4, -0.2) is 16.1 Å². The van der Waals surface area contributed by atoms with Gasteiger partial charge in [-0.3, -0.25) is 14.5 Å². The minimum atomic E-state index is -0.762. The molecule has 172 valence electrons. The number of fused-ring (bicyclic) bond motifs is 2. The van der Waals surface area contributed by atoms with Crippen LogP contribution in [0.4, 0.5) is 9.52 Å². The monoisotopic (exact) mass is 501 g/mol. The molecular weight excluding hydrogens is 485 g/mol. The number of thioether (sulfide) groups is 1. The van der Waals surface area contributed by atoms with Crippen molar-refractivity contribution in [2.45, 2.75) is 16.1 Å². The van der Waals surface area contributed by atoms with Gasteiger partial charge in [0.2, 0.25) is 10.9 Å². The summed E-state index contributed by atoms with van der Waals surface area (Å²) in [5.41, 5.74) is 1.77. The van der Waals surface area contributed by atoms with Crippen molar-refractivity contribution in [3.05, 3.63) is 117 Å². The van der Waals surface area contributed by atoms with E-state index in [4.69, 9.17) is 4.42 Å². The van der Waals surface area contributed by atoms with Gasteiger partial charge in [-0.15, -0.1) is 10.2 Å². The largest absolute Gasteiger partial charge is 0.450 e. The molecule has 0 N–H and O–H groups in total. The lowest BCUT2D eigenvalue weighted by atomic mass is 9.99. The minimum Gasteiger partial charge on any atom is -0.450 e. The maximum Gasteiger partial charge on any atom is 0.297 e. The first-order valence-corrected chi connectivity index (χ1v) is 12.6. The fourth-order valence-electron chi connectivity index (χ4n) is 4.17. The molecular formula is C26H16FN3O3S2. The van der Waals surface area contributed by atoms with E-state index in [0.29, 0.717) is 15.2 Å². The smallest absolute Gasteiger partial charge is 0.297 e. The van der Waals surface area contributed by atoms with E-state index < -0.39 is 23.2 Å². The Kier molecular flexibility index (Phi) is 5.43. The highest BCUT2D eigenvalue weighted by Gasteiger charge is 2.45. The number of anilines is 1. The first-order valence-electron chi connectivity index (χ1n) is 10.7. The quantitative estimate of drug-likeness (QED) is 0.223. The molecule has 35 heavy (non-hydrogen) atoms. The van der Waals surface area contributed by atoms with Crippen LogP contribution in [0.5, 0.6) is 0 Å². The van der Waals surface area contributed by atoms with E-state index in [-0.39, 0.29) is 22.3 Å². The number of hydrogen-bond donors (Lipinski definition) is 0. The second-order valence-corrected chi connectivity index (χ2v) is 10.1. The Morgan fingerprint density at radius 2 is 1.71 bits per heavy atom. The van der Waals surface area contributed by atoms with Gasteiger partial charge in [0.15, 0.2) is 9.77 Å². The van der Waals surface area contributed by atoms with Crippen LogP contribution in [0.1, 0.15) is 33.3 Å². The highest BCUT2D eigenvalue weighted by atomic mass is 32.2. The Hall–Kier alpha value is -3.82. The molecule has 0 saturated carbocycles. The Morgan fingerprint density at radius 1 is 0.971 bits per heavy atom. The van der Waals surface area contributed by atoms with Crippen molar-refractivity contribution in [2.75, 3.05) is 4.90 Å². The minimum absolute atomic E-state index is 0.0587. The van der Waals surface area contributed by atoms with Gasteiger partial charge in [0.25, 0.3) is 5.91 Å². The maximum atomic E-state index is 13.9. The molecule has 9 heteroatoms. The Balaban J connectivity index is 1.44. The molecule has 0 aliphatic carbocycles. The number of aromatic nitrogens is 2. The summed E-state index contributed by atoms with van der Waals surface area (Å²) in [6.07, 6.45) is 0. The second-order valence-electron chi connectivity index (χ2n) is 7.93. The molecule has 0 spiro atoms. The summed E-state index contributed by atoms with van der Waals surface area (Å²) in [6, 6.07) is 22.1. The molecule has 6 nitrogen and oxygen atoms in total. The lowest BCUT2D eigenvalue weighted by Crippen LogP contribution is -2.29. The molecule has 1 aliphatic rings. The predicted octanol–water partition coefficient (Wildman–Crippen LogP) is 5.83. The Morgan fingerprint density at radius 3 is 2.49 bits per heavy atom. The van der Waals surface area contributed by atoms with Crippen LogP contribution in [0.3, 0.4) is 0 Å². The van der Waals surface area contributed by atoms with Crippen LogP contribution in [0.25, 0.3) is 11.0 Å². The topological polar surface area (TPSA) is 76.3 Å². The number of rotatable bonds is 5. The molecule has 2 aromatic heterocycles. The zero-order valence-corrected chi connectivity index (χ0v) is 19.7. The van der Waals surface area contributed by atoms with E-state index >= 15 is 0 Å². The fraction of sp³-hybridized carbons (Fsp3) is 0.0769. The van der Waals surface area contributed by atoms with E-state index in [1.807, 2.05) is 60.7 Å². The summed E-state index contributed by atoms with van der Waals surface area (Å²) in [6.45, 7) is 0. The van der Waals surface area contributed by atoms with Gasteiger partial charge in [-0.1, -0.05) is 83.8 Å². The number of amides is 1. The highest BCUT2D eigenvalue weighted by molar-refractivity contribution is 8.00. The van der Waals surface area contributed by atoms with Crippen molar-refractivity contribution in [2.24, 2.45) is 0 Å². The van der Waals surface area contributed by atoms with Crippen molar-refractivity contribution < 1.29 is 13.6 Å². The van der Waals surface area contributed by atoms with Crippen molar-refractivity contribution >= 4 is 45.1 Å². The number of halogens is 1. The van der Waals surface area contributed by atoms with Gasteiger partial charge in [0.05, 0.1) is 17.0 Å². The summed E-state index contributed by atoms with van der Waals surface area (Å²) < 4.78 is 20.5. The Bertz CT molecular complexity index is 1620. The van der Waals surface area contributed by atoms with E-state index in [1.165, 1.54) is 40.1 Å². The van der Waals surface area contributed by atoms with Crippen LogP contribution in [0, 0.1) is 5.82 Å². The van der Waals surface area contributed by atoms with Crippen LogP contribution >= 0.6 is 23.1 Å². The third-order valence-electron chi connectivity index (χ3n) is 5.75. The van der Waals surface area contributed by atoms with Gasteiger partial charge in [0, 0.05) is 5.75 Å². The summed E-state index contributed by atoms with van der Waals surface area (Å²) in [5.74, 6) is -0.376. The lowest BCUT2D eigenvalue weighted by molar-refractivity contribution is 0.0970. The first-order chi connectivity index (χ1) is 17.1. The number of hydrogen-bond acceptors (Lipinski definition) is 7. The second kappa shape index (κ2) is 8.75. The van der Waals surface area contributed by atoms with Gasteiger partial charge in [0.1, 0.15) is 11.4 Å². The van der Waals surface area contributed by atoms with Crippen molar-refractivity contribution in [1.29, 1.82) is 0 Å². The molecule has 1 aliphatic heterocycles. The SMILES string of the molecule is O=C1c2oc3ccc(F)cc3c(=O)c2C(c2ccccc2)N1c1nnc(SCc2ccccc2)s1. The lowest BCUT2D eigenvalue weighted by Gasteiger charge is -2.21. The van der Waals surface area contributed by atoms with Gasteiger partial charge in [-0.25, -0.2) is 4.39 Å². The fourth-order valence-corrected chi connectivity index (χ4v) is 5.99. The molecule has 0 fully saturated rings. The van der Waals surface area contributed by atoms with E-state index in [0.717, 1.165) is 17.2 Å². The third kappa shape index (κ3) is 3.82. The molecule has 5 aromatic rings. The molecule has 6 rings (SSSR count). The van der Waals surface area contributed by atoms with Gasteiger partial charge < -0.3 is 4.42 Å². The number of nitrogens with zero attached hydrogens (tertiary/aromatic N) is 3. The van der Waals surface area contributed by atoms with E-state index in [1.54, 1.807) is 0 Å². The summed E-state index contributed by atoms with van der Waals surface area (Å²) in [4.78, 5) is 28.5. The molecule has 1 amide bonds. The summed E-state index contributed by atoms with van der Waals surface area (Å²) in [7, 11) is 0. The van der Waals surface area contributed by atoms with Crippen LogP contribution in [-0.2, 0) is 5.75 Å². The van der Waals surface area contributed by atoms with Gasteiger partial charge >= 0.3 is 0 Å². The molecule has 3 heterocycles. The third-order valence-corrected chi connectivity index (χ3v) is 7.88. The first kappa shape index (κ1) is 21.7. The summed E-state index contributed by atoms with van der Waals surface area (Å²) >= 11 is 2.80. The van der Waals surface area contributed by atoms with Gasteiger partial charge in [-0.2, -0.15) is 0 Å². The molecule has 0 radical (unpaired) electrons. The molecule has 0 bridgehead atoms. The average Bonchev–Trinajstić information content (AvgIpc) is 3.47. The van der Waals surface area contributed by atoms with Crippen molar-refractivity contribution in [1.82, 2.24) is 10.2 Å². The predicted molar refractivity (Wildman–Crippen MR) is 133 cm³/mol. The number of carbonyl (C=O) groups is 1.